The third kappa shape index (κ3) is 5.57. The second kappa shape index (κ2) is 7.59. The molecule has 0 heterocycles. The van der Waals surface area contributed by atoms with Gasteiger partial charge in [0.15, 0.2) is 0 Å². The normalized spacial score (nSPS) is 13.4. The minimum Gasteiger partial charge on any atom is -0.491 e. The second-order valence-corrected chi connectivity index (χ2v) is 4.66. The zero-order valence-corrected chi connectivity index (χ0v) is 11.6. The largest absolute Gasteiger partial charge is 0.491 e. The standard InChI is InChI=1S/C15H22N2O2/c1-4-5-14(16)15(18)17-12(3)10-19-13-8-6-11(2)7-9-13/h4,6-9,12,14H,1,5,10,16H2,2-3H3,(H,17,18). The Bertz CT molecular complexity index is 415. The molecule has 4 nitrogen and oxygen atoms in total. The molecule has 1 aromatic carbocycles. The van der Waals surface area contributed by atoms with Crippen molar-refractivity contribution in [2.24, 2.45) is 5.73 Å². The van der Waals surface area contributed by atoms with E-state index >= 15 is 0 Å². The summed E-state index contributed by atoms with van der Waals surface area (Å²) >= 11 is 0. The van der Waals surface area contributed by atoms with Crippen molar-refractivity contribution >= 4 is 5.91 Å². The molecular weight excluding hydrogens is 240 g/mol. The van der Waals surface area contributed by atoms with Crippen molar-refractivity contribution in [3.8, 4) is 5.75 Å². The molecule has 0 fully saturated rings. The van der Waals surface area contributed by atoms with Gasteiger partial charge >= 0.3 is 0 Å². The summed E-state index contributed by atoms with van der Waals surface area (Å²) < 4.78 is 5.59. The van der Waals surface area contributed by atoms with Crippen molar-refractivity contribution in [1.82, 2.24) is 5.32 Å². The first-order valence-corrected chi connectivity index (χ1v) is 6.39. The molecular formula is C15H22N2O2. The zero-order valence-electron chi connectivity index (χ0n) is 11.6. The number of ether oxygens (including phenoxy) is 1. The van der Waals surface area contributed by atoms with E-state index in [0.717, 1.165) is 5.75 Å². The van der Waals surface area contributed by atoms with Crippen LogP contribution < -0.4 is 15.8 Å². The highest BCUT2D eigenvalue weighted by molar-refractivity contribution is 5.81. The summed E-state index contributed by atoms with van der Waals surface area (Å²) in [7, 11) is 0. The lowest BCUT2D eigenvalue weighted by Gasteiger charge is -2.17. The van der Waals surface area contributed by atoms with Gasteiger partial charge in [-0.05, 0) is 32.4 Å². The van der Waals surface area contributed by atoms with Crippen molar-refractivity contribution in [3.63, 3.8) is 0 Å². The number of hydrogen-bond acceptors (Lipinski definition) is 3. The van der Waals surface area contributed by atoms with Crippen molar-refractivity contribution < 1.29 is 9.53 Å². The quantitative estimate of drug-likeness (QED) is 0.736. The third-order valence-corrected chi connectivity index (χ3v) is 2.67. The van der Waals surface area contributed by atoms with Crippen molar-refractivity contribution in [2.45, 2.75) is 32.4 Å². The predicted molar refractivity (Wildman–Crippen MR) is 77.1 cm³/mol. The van der Waals surface area contributed by atoms with Crippen molar-refractivity contribution in [2.75, 3.05) is 6.61 Å². The van der Waals surface area contributed by atoms with Gasteiger partial charge in [0, 0.05) is 0 Å². The monoisotopic (exact) mass is 262 g/mol. The predicted octanol–water partition coefficient (Wildman–Crippen LogP) is 1.78. The number of hydrogen-bond donors (Lipinski definition) is 2. The van der Waals surface area contributed by atoms with Gasteiger partial charge in [-0.1, -0.05) is 23.8 Å². The number of carbonyl (C=O) groups excluding carboxylic acids is 1. The molecule has 0 bridgehead atoms. The number of amides is 1. The van der Waals surface area contributed by atoms with Crippen LogP contribution in [0.3, 0.4) is 0 Å². The molecule has 0 saturated carbocycles. The lowest BCUT2D eigenvalue weighted by Crippen LogP contribution is -2.46. The van der Waals surface area contributed by atoms with E-state index in [2.05, 4.69) is 11.9 Å². The van der Waals surface area contributed by atoms with E-state index in [9.17, 15) is 4.79 Å². The molecule has 3 N–H and O–H groups in total. The Hall–Kier alpha value is -1.81. The van der Waals surface area contributed by atoms with Gasteiger partial charge in [0.05, 0.1) is 12.1 Å². The number of carbonyl (C=O) groups is 1. The number of nitrogens with two attached hydrogens (primary N) is 1. The third-order valence-electron chi connectivity index (χ3n) is 2.67. The lowest BCUT2D eigenvalue weighted by atomic mass is 10.2. The van der Waals surface area contributed by atoms with Gasteiger partial charge in [0.2, 0.25) is 5.91 Å². The highest BCUT2D eigenvalue weighted by Crippen LogP contribution is 2.11. The van der Waals surface area contributed by atoms with E-state index in [0.29, 0.717) is 13.0 Å². The molecule has 2 unspecified atom stereocenters. The van der Waals surface area contributed by atoms with Crippen LogP contribution in [0.4, 0.5) is 0 Å². The van der Waals surface area contributed by atoms with Crippen LogP contribution in [0, 0.1) is 6.92 Å². The first-order valence-electron chi connectivity index (χ1n) is 6.39. The molecule has 19 heavy (non-hydrogen) atoms. The van der Waals surface area contributed by atoms with Crippen LogP contribution in [0.1, 0.15) is 18.9 Å². The minimum absolute atomic E-state index is 0.0929. The molecule has 0 saturated heterocycles. The van der Waals surface area contributed by atoms with Gasteiger partial charge in [-0.15, -0.1) is 6.58 Å². The number of benzene rings is 1. The summed E-state index contributed by atoms with van der Waals surface area (Å²) in [4.78, 5) is 11.7. The number of aryl methyl sites for hydroxylation is 1. The zero-order chi connectivity index (χ0) is 14.3. The molecule has 0 spiro atoms. The Morgan fingerprint density at radius 1 is 1.47 bits per heavy atom. The summed E-state index contributed by atoms with van der Waals surface area (Å²) in [5.74, 6) is 0.613. The SMILES string of the molecule is C=CCC(N)C(=O)NC(C)COc1ccc(C)cc1. The molecule has 4 heteroatoms. The summed E-state index contributed by atoms with van der Waals surface area (Å²) in [6.45, 7) is 7.88. The summed E-state index contributed by atoms with van der Waals surface area (Å²) in [5, 5.41) is 2.81. The Balaban J connectivity index is 2.35. The highest BCUT2D eigenvalue weighted by atomic mass is 16.5. The molecule has 0 radical (unpaired) electrons. The maximum Gasteiger partial charge on any atom is 0.237 e. The number of nitrogens with one attached hydrogen (secondary N) is 1. The van der Waals surface area contributed by atoms with Gasteiger partial charge in [-0.25, -0.2) is 0 Å². The van der Waals surface area contributed by atoms with E-state index < -0.39 is 6.04 Å². The van der Waals surface area contributed by atoms with Gasteiger partial charge in [0.1, 0.15) is 12.4 Å². The molecule has 0 aliphatic heterocycles. The summed E-state index contributed by atoms with van der Waals surface area (Å²) in [6, 6.07) is 7.15. The van der Waals surface area contributed by atoms with Gasteiger partial charge in [-0.2, -0.15) is 0 Å². The van der Waals surface area contributed by atoms with Crippen LogP contribution in [-0.4, -0.2) is 24.6 Å². The Morgan fingerprint density at radius 3 is 2.68 bits per heavy atom. The molecule has 2 atom stereocenters. The first kappa shape index (κ1) is 15.2. The minimum atomic E-state index is -0.542. The topological polar surface area (TPSA) is 64.4 Å². The molecule has 1 aromatic rings. The van der Waals surface area contributed by atoms with Gasteiger partial charge < -0.3 is 15.8 Å². The average Bonchev–Trinajstić information content (AvgIpc) is 2.38. The summed E-state index contributed by atoms with van der Waals surface area (Å²) in [6.07, 6.45) is 2.11. The van der Waals surface area contributed by atoms with Crippen LogP contribution in [0.15, 0.2) is 36.9 Å². The van der Waals surface area contributed by atoms with Crippen LogP contribution in [0.5, 0.6) is 5.75 Å². The lowest BCUT2D eigenvalue weighted by molar-refractivity contribution is -0.123. The molecule has 0 aliphatic carbocycles. The molecule has 104 valence electrons. The van der Waals surface area contributed by atoms with Crippen molar-refractivity contribution in [3.05, 3.63) is 42.5 Å². The van der Waals surface area contributed by atoms with E-state index in [4.69, 9.17) is 10.5 Å². The Labute approximate surface area is 114 Å². The van der Waals surface area contributed by atoms with Crippen LogP contribution in [0.2, 0.25) is 0 Å². The van der Waals surface area contributed by atoms with E-state index in [-0.39, 0.29) is 11.9 Å². The Kier molecular flexibility index (Phi) is 6.09. The fourth-order valence-electron chi connectivity index (χ4n) is 1.53. The van der Waals surface area contributed by atoms with E-state index in [1.807, 2.05) is 38.1 Å². The fourth-order valence-corrected chi connectivity index (χ4v) is 1.53. The van der Waals surface area contributed by atoms with E-state index in [1.54, 1.807) is 6.08 Å². The number of rotatable bonds is 7. The van der Waals surface area contributed by atoms with Gasteiger partial charge in [-0.3, -0.25) is 4.79 Å². The maximum atomic E-state index is 11.7. The molecule has 0 aliphatic rings. The Morgan fingerprint density at radius 2 is 2.11 bits per heavy atom. The van der Waals surface area contributed by atoms with Crippen LogP contribution >= 0.6 is 0 Å². The first-order chi connectivity index (χ1) is 9.02. The maximum absolute atomic E-state index is 11.7. The fraction of sp³-hybridized carbons (Fsp3) is 0.400. The van der Waals surface area contributed by atoms with E-state index in [1.165, 1.54) is 5.56 Å². The smallest absolute Gasteiger partial charge is 0.237 e. The molecule has 1 rings (SSSR count). The second-order valence-electron chi connectivity index (χ2n) is 4.66. The van der Waals surface area contributed by atoms with Crippen LogP contribution in [0.25, 0.3) is 0 Å². The van der Waals surface area contributed by atoms with Crippen LogP contribution in [-0.2, 0) is 4.79 Å². The molecule has 0 aromatic heterocycles. The van der Waals surface area contributed by atoms with Crippen molar-refractivity contribution in [1.29, 1.82) is 0 Å². The molecule has 1 amide bonds. The average molecular weight is 262 g/mol. The highest BCUT2D eigenvalue weighted by Gasteiger charge is 2.14. The van der Waals surface area contributed by atoms with Gasteiger partial charge in [0.25, 0.3) is 0 Å². The summed E-state index contributed by atoms with van der Waals surface area (Å²) in [5.41, 5.74) is 6.86.